The van der Waals surface area contributed by atoms with Crippen molar-refractivity contribution < 1.29 is 19.0 Å². The molecule has 1 saturated carbocycles. The van der Waals surface area contributed by atoms with Crippen LogP contribution >= 0.6 is 0 Å². The minimum atomic E-state index is -0.544. The Morgan fingerprint density at radius 3 is 2.68 bits per heavy atom. The molecule has 5 nitrogen and oxygen atoms in total. The molecule has 1 aromatic heterocycles. The summed E-state index contributed by atoms with van der Waals surface area (Å²) in [6.45, 7) is 1.77. The molecule has 6 heteroatoms. The second-order valence-electron chi connectivity index (χ2n) is 6.45. The number of nitrogens with zero attached hydrogens (tertiary/aromatic N) is 1. The summed E-state index contributed by atoms with van der Waals surface area (Å²) in [5.74, 6) is -0.452. The van der Waals surface area contributed by atoms with Gasteiger partial charge in [0.25, 0.3) is 5.91 Å². The van der Waals surface area contributed by atoms with Crippen LogP contribution < -0.4 is 10.1 Å². The first-order chi connectivity index (χ1) is 12.0. The maximum Gasteiger partial charge on any atom is 0.254 e. The maximum atomic E-state index is 14.1. The third kappa shape index (κ3) is 3.79. The van der Waals surface area contributed by atoms with Crippen LogP contribution in [0.5, 0.6) is 5.88 Å². The number of ether oxygens (including phenoxy) is 1. The van der Waals surface area contributed by atoms with Crippen LogP contribution in [0.3, 0.4) is 0 Å². The van der Waals surface area contributed by atoms with E-state index in [0.717, 1.165) is 11.1 Å². The number of pyridine rings is 1. The Morgan fingerprint density at radius 1 is 1.36 bits per heavy atom. The Bertz CT molecular complexity index is 758. The summed E-state index contributed by atoms with van der Waals surface area (Å²) in [6, 6.07) is 7.73. The smallest absolute Gasteiger partial charge is 0.254 e. The van der Waals surface area contributed by atoms with E-state index in [1.54, 1.807) is 25.3 Å². The molecule has 1 fully saturated rings. The molecule has 0 unspecified atom stereocenters. The highest BCUT2D eigenvalue weighted by Gasteiger charge is 2.36. The SMILES string of the molecule is COc1ccc([C@H](NC(=O)c2ccc(C)cc2F)C2CC(O)C2)cn1. The van der Waals surface area contributed by atoms with Gasteiger partial charge >= 0.3 is 0 Å². The number of nitrogens with one attached hydrogen (secondary N) is 1. The zero-order valence-electron chi connectivity index (χ0n) is 14.2. The second-order valence-corrected chi connectivity index (χ2v) is 6.45. The van der Waals surface area contributed by atoms with Crippen molar-refractivity contribution in [1.82, 2.24) is 10.3 Å². The summed E-state index contributed by atoms with van der Waals surface area (Å²) in [6.07, 6.45) is 2.47. The lowest BCUT2D eigenvalue weighted by Crippen LogP contribution is -2.41. The van der Waals surface area contributed by atoms with E-state index in [4.69, 9.17) is 4.74 Å². The molecule has 1 aliphatic carbocycles. The van der Waals surface area contributed by atoms with Gasteiger partial charge in [-0.25, -0.2) is 9.37 Å². The molecule has 1 heterocycles. The Labute approximate surface area is 145 Å². The molecular weight excluding hydrogens is 323 g/mol. The van der Waals surface area contributed by atoms with Crippen molar-refractivity contribution in [3.05, 3.63) is 59.0 Å². The Balaban J connectivity index is 1.83. The van der Waals surface area contributed by atoms with E-state index < -0.39 is 11.7 Å². The highest BCUT2D eigenvalue weighted by Crippen LogP contribution is 2.38. The van der Waals surface area contributed by atoms with Gasteiger partial charge in [-0.15, -0.1) is 0 Å². The minimum Gasteiger partial charge on any atom is -0.481 e. The van der Waals surface area contributed by atoms with Crippen molar-refractivity contribution in [2.75, 3.05) is 7.11 Å². The third-order valence-electron chi connectivity index (χ3n) is 4.60. The van der Waals surface area contributed by atoms with Gasteiger partial charge in [0.1, 0.15) is 5.82 Å². The first-order valence-corrected chi connectivity index (χ1v) is 8.23. The number of aromatic nitrogens is 1. The molecule has 2 aromatic rings. The average molecular weight is 344 g/mol. The highest BCUT2D eigenvalue weighted by atomic mass is 19.1. The van der Waals surface area contributed by atoms with Gasteiger partial charge < -0.3 is 15.2 Å². The predicted octanol–water partition coefficient (Wildman–Crippen LogP) is 2.78. The number of carbonyl (C=O) groups is 1. The van der Waals surface area contributed by atoms with Crippen LogP contribution in [0.25, 0.3) is 0 Å². The number of amides is 1. The monoisotopic (exact) mass is 344 g/mol. The van der Waals surface area contributed by atoms with E-state index in [1.165, 1.54) is 19.2 Å². The fourth-order valence-electron chi connectivity index (χ4n) is 3.10. The topological polar surface area (TPSA) is 71.5 Å². The standard InChI is InChI=1S/C19H21FN2O3/c1-11-3-5-15(16(20)7-11)19(24)22-18(13-8-14(23)9-13)12-4-6-17(25-2)21-10-12/h3-7,10,13-14,18,23H,8-9H2,1-2H3,(H,22,24)/t13?,14?,18-/m0/s1. The van der Waals surface area contributed by atoms with E-state index in [0.29, 0.717) is 18.7 Å². The summed E-state index contributed by atoms with van der Waals surface area (Å²) in [7, 11) is 1.53. The van der Waals surface area contributed by atoms with Crippen LogP contribution in [-0.2, 0) is 0 Å². The minimum absolute atomic E-state index is 0.0111. The lowest BCUT2D eigenvalue weighted by Gasteiger charge is -2.38. The van der Waals surface area contributed by atoms with Crippen molar-refractivity contribution in [2.45, 2.75) is 31.9 Å². The molecule has 0 radical (unpaired) electrons. The van der Waals surface area contributed by atoms with Gasteiger partial charge in [0.05, 0.1) is 24.8 Å². The third-order valence-corrected chi connectivity index (χ3v) is 4.60. The lowest BCUT2D eigenvalue weighted by atomic mass is 9.75. The van der Waals surface area contributed by atoms with Crippen molar-refractivity contribution >= 4 is 5.91 Å². The van der Waals surface area contributed by atoms with Crippen molar-refractivity contribution in [1.29, 1.82) is 0 Å². The van der Waals surface area contributed by atoms with Crippen molar-refractivity contribution in [3.63, 3.8) is 0 Å². The van der Waals surface area contributed by atoms with Crippen LogP contribution in [0.4, 0.5) is 4.39 Å². The van der Waals surface area contributed by atoms with E-state index in [2.05, 4.69) is 10.3 Å². The number of aliphatic hydroxyl groups is 1. The zero-order chi connectivity index (χ0) is 18.0. The summed E-state index contributed by atoms with van der Waals surface area (Å²) >= 11 is 0. The van der Waals surface area contributed by atoms with Gasteiger partial charge in [-0.05, 0) is 48.9 Å². The number of benzene rings is 1. The second kappa shape index (κ2) is 7.19. The highest BCUT2D eigenvalue weighted by molar-refractivity contribution is 5.94. The van der Waals surface area contributed by atoms with Gasteiger partial charge in [0, 0.05) is 12.3 Å². The lowest BCUT2D eigenvalue weighted by molar-refractivity contribution is 0.0234. The molecule has 132 valence electrons. The van der Waals surface area contributed by atoms with E-state index >= 15 is 0 Å². The summed E-state index contributed by atoms with van der Waals surface area (Å²) in [5.41, 5.74) is 1.57. The van der Waals surface area contributed by atoms with Crippen LogP contribution in [0.15, 0.2) is 36.5 Å². The summed E-state index contributed by atoms with van der Waals surface area (Å²) in [4.78, 5) is 16.7. The van der Waals surface area contributed by atoms with Gasteiger partial charge in [0.2, 0.25) is 5.88 Å². The molecule has 0 spiro atoms. The van der Waals surface area contributed by atoms with Gasteiger partial charge in [-0.1, -0.05) is 12.1 Å². The molecule has 0 saturated heterocycles. The molecule has 1 atom stereocenters. The number of hydrogen-bond acceptors (Lipinski definition) is 4. The van der Waals surface area contributed by atoms with Crippen molar-refractivity contribution in [3.8, 4) is 5.88 Å². The first kappa shape index (κ1) is 17.4. The van der Waals surface area contributed by atoms with E-state index in [9.17, 15) is 14.3 Å². The van der Waals surface area contributed by atoms with E-state index in [1.807, 2.05) is 6.07 Å². The van der Waals surface area contributed by atoms with Gasteiger partial charge in [0.15, 0.2) is 0 Å². The van der Waals surface area contributed by atoms with Gasteiger partial charge in [-0.3, -0.25) is 4.79 Å². The van der Waals surface area contributed by atoms with Crippen molar-refractivity contribution in [2.24, 2.45) is 5.92 Å². The molecule has 3 rings (SSSR count). The normalized spacial score (nSPS) is 20.5. The number of aliphatic hydroxyl groups excluding tert-OH is 1. The Hall–Kier alpha value is -2.47. The van der Waals surface area contributed by atoms with Crippen LogP contribution in [0.1, 0.15) is 40.4 Å². The molecular formula is C19H21FN2O3. The molecule has 1 aliphatic rings. The molecule has 25 heavy (non-hydrogen) atoms. The van der Waals surface area contributed by atoms with E-state index in [-0.39, 0.29) is 23.6 Å². The fourth-order valence-corrected chi connectivity index (χ4v) is 3.10. The zero-order valence-corrected chi connectivity index (χ0v) is 14.2. The number of rotatable bonds is 5. The number of halogens is 1. The predicted molar refractivity (Wildman–Crippen MR) is 90.9 cm³/mol. The van der Waals surface area contributed by atoms with Crippen LogP contribution in [0.2, 0.25) is 0 Å². The van der Waals surface area contributed by atoms with Crippen LogP contribution in [-0.4, -0.2) is 29.2 Å². The summed E-state index contributed by atoms with van der Waals surface area (Å²) < 4.78 is 19.1. The molecule has 1 aromatic carbocycles. The Kier molecular flexibility index (Phi) is 4.99. The molecule has 0 bridgehead atoms. The molecule has 2 N–H and O–H groups in total. The maximum absolute atomic E-state index is 14.1. The molecule has 1 amide bonds. The van der Waals surface area contributed by atoms with Gasteiger partial charge in [-0.2, -0.15) is 0 Å². The number of aryl methyl sites for hydroxylation is 1. The number of hydrogen-bond donors (Lipinski definition) is 2. The number of methoxy groups -OCH3 is 1. The Morgan fingerprint density at radius 2 is 2.12 bits per heavy atom. The summed E-state index contributed by atoms with van der Waals surface area (Å²) in [5, 5.41) is 12.5. The quantitative estimate of drug-likeness (QED) is 0.875. The average Bonchev–Trinajstić information content (AvgIpc) is 2.57. The fraction of sp³-hybridized carbons (Fsp3) is 0.368. The van der Waals surface area contributed by atoms with Crippen LogP contribution in [0, 0.1) is 18.7 Å². The largest absolute Gasteiger partial charge is 0.481 e. The molecule has 0 aliphatic heterocycles. The first-order valence-electron chi connectivity index (χ1n) is 8.23. The number of carbonyl (C=O) groups excluding carboxylic acids is 1.